The van der Waals surface area contributed by atoms with Crippen molar-refractivity contribution in [2.75, 3.05) is 19.5 Å². The number of nitrogens with one attached hydrogen (secondary N) is 1. The second kappa shape index (κ2) is 12.4. The molecule has 9 heteroatoms. The van der Waals surface area contributed by atoms with E-state index in [1.54, 1.807) is 31.5 Å². The molecule has 0 atom stereocenters. The molecule has 0 radical (unpaired) electrons. The normalized spacial score (nSPS) is 10.8. The third kappa shape index (κ3) is 6.19. The number of carbonyl (C=O) groups excluding carboxylic acids is 1. The summed E-state index contributed by atoms with van der Waals surface area (Å²) in [7, 11) is 1.56. The third-order valence-corrected chi connectivity index (χ3v) is 5.89. The molecule has 0 aliphatic rings. The van der Waals surface area contributed by atoms with Crippen molar-refractivity contribution in [1.29, 1.82) is 0 Å². The molecule has 0 spiro atoms. The van der Waals surface area contributed by atoms with E-state index >= 15 is 0 Å². The van der Waals surface area contributed by atoms with Crippen LogP contribution in [0, 0.1) is 0 Å². The number of aromatic nitrogens is 3. The van der Waals surface area contributed by atoms with E-state index in [1.807, 2.05) is 71.3 Å². The Hall–Kier alpha value is -4.37. The predicted octanol–water partition coefficient (Wildman–Crippen LogP) is 4.75. The Morgan fingerprint density at radius 2 is 1.81 bits per heavy atom. The lowest BCUT2D eigenvalue weighted by molar-refractivity contribution is -0.118. The molecule has 0 unspecified atom stereocenters. The van der Waals surface area contributed by atoms with Gasteiger partial charge in [0.2, 0.25) is 0 Å². The fourth-order valence-corrected chi connectivity index (χ4v) is 4.07. The smallest absolute Gasteiger partial charge is 0.250 e. The summed E-state index contributed by atoms with van der Waals surface area (Å²) in [5.74, 6) is 1.73. The average molecular weight is 500 g/mol. The van der Waals surface area contributed by atoms with Crippen molar-refractivity contribution in [3.63, 3.8) is 0 Å². The van der Waals surface area contributed by atoms with Crippen molar-refractivity contribution in [2.24, 2.45) is 5.10 Å². The van der Waals surface area contributed by atoms with Crippen molar-refractivity contribution in [3.8, 4) is 28.6 Å². The molecule has 0 saturated heterocycles. The number of hydrazone groups is 1. The molecule has 0 saturated carbocycles. The number of para-hydroxylation sites is 1. The summed E-state index contributed by atoms with van der Waals surface area (Å²) >= 11 is 1.29. The number of hydrogen-bond acceptors (Lipinski definition) is 7. The first-order chi connectivity index (χ1) is 17.7. The molecule has 8 nitrogen and oxygen atoms in total. The van der Waals surface area contributed by atoms with Crippen LogP contribution in [0.4, 0.5) is 0 Å². The minimum Gasteiger partial charge on any atom is -0.493 e. The molecule has 0 fully saturated rings. The van der Waals surface area contributed by atoms with Crippen LogP contribution in [0.5, 0.6) is 11.5 Å². The summed E-state index contributed by atoms with van der Waals surface area (Å²) in [6, 6.07) is 25.0. The second-order valence-electron chi connectivity index (χ2n) is 7.43. The first kappa shape index (κ1) is 24.7. The highest BCUT2D eigenvalue weighted by molar-refractivity contribution is 7.99. The van der Waals surface area contributed by atoms with Gasteiger partial charge in [0, 0.05) is 11.3 Å². The molecule has 36 heavy (non-hydrogen) atoms. The lowest BCUT2D eigenvalue weighted by atomic mass is 10.2. The summed E-state index contributed by atoms with van der Waals surface area (Å²) in [6.07, 6.45) is 3.20. The Labute approximate surface area is 213 Å². The minimum atomic E-state index is -0.266. The van der Waals surface area contributed by atoms with Gasteiger partial charge in [-0.1, -0.05) is 72.9 Å². The highest BCUT2D eigenvalue weighted by Gasteiger charge is 2.17. The summed E-state index contributed by atoms with van der Waals surface area (Å²) in [4.78, 5) is 12.5. The average Bonchev–Trinajstić information content (AvgIpc) is 3.36. The Morgan fingerprint density at radius 3 is 2.53 bits per heavy atom. The Kier molecular flexibility index (Phi) is 8.50. The van der Waals surface area contributed by atoms with Crippen molar-refractivity contribution in [1.82, 2.24) is 20.2 Å². The molecule has 0 aliphatic heterocycles. The largest absolute Gasteiger partial charge is 0.493 e. The maximum Gasteiger partial charge on any atom is 0.250 e. The van der Waals surface area contributed by atoms with Crippen LogP contribution in [-0.2, 0) is 4.79 Å². The van der Waals surface area contributed by atoms with E-state index in [1.165, 1.54) is 11.8 Å². The molecule has 0 bridgehead atoms. The number of ether oxygens (including phenoxy) is 2. The molecule has 4 rings (SSSR count). The van der Waals surface area contributed by atoms with E-state index in [2.05, 4.69) is 27.3 Å². The zero-order chi connectivity index (χ0) is 25.2. The van der Waals surface area contributed by atoms with Gasteiger partial charge in [-0.3, -0.25) is 9.36 Å². The van der Waals surface area contributed by atoms with Gasteiger partial charge in [0.25, 0.3) is 5.91 Å². The summed E-state index contributed by atoms with van der Waals surface area (Å²) in [5, 5.41) is 13.4. The lowest BCUT2D eigenvalue weighted by Crippen LogP contribution is -2.20. The van der Waals surface area contributed by atoms with Crippen LogP contribution in [0.2, 0.25) is 0 Å². The van der Waals surface area contributed by atoms with Crippen LogP contribution in [0.25, 0.3) is 17.1 Å². The third-order valence-electron chi connectivity index (χ3n) is 4.96. The highest BCUT2D eigenvalue weighted by Crippen LogP contribution is 2.28. The van der Waals surface area contributed by atoms with Crippen LogP contribution in [0.1, 0.15) is 5.56 Å². The van der Waals surface area contributed by atoms with Gasteiger partial charge in [-0.25, -0.2) is 5.43 Å². The summed E-state index contributed by atoms with van der Waals surface area (Å²) in [5.41, 5.74) is 5.15. The molecule has 0 aliphatic carbocycles. The van der Waals surface area contributed by atoms with Crippen molar-refractivity contribution in [2.45, 2.75) is 5.16 Å². The number of hydrogen-bond donors (Lipinski definition) is 1. The molecule has 4 aromatic rings. The first-order valence-electron chi connectivity index (χ1n) is 11.1. The SMILES string of the molecule is C=CCOc1ccc(/C=N/NC(=O)CSc2nnc(-c3ccccc3)n2-c2ccccc2)cc1OC. The van der Waals surface area contributed by atoms with Crippen molar-refractivity contribution >= 4 is 23.9 Å². The number of nitrogens with zero attached hydrogens (tertiary/aromatic N) is 4. The number of carbonyl (C=O) groups is 1. The van der Waals surface area contributed by atoms with Gasteiger partial charge in [0.05, 0.1) is 19.1 Å². The van der Waals surface area contributed by atoms with E-state index in [-0.39, 0.29) is 11.7 Å². The molecule has 1 amide bonds. The maximum atomic E-state index is 12.5. The van der Waals surface area contributed by atoms with E-state index in [9.17, 15) is 4.79 Å². The Balaban J connectivity index is 1.42. The molecular formula is C27H25N5O3S. The van der Waals surface area contributed by atoms with E-state index in [0.717, 1.165) is 16.8 Å². The van der Waals surface area contributed by atoms with E-state index in [0.29, 0.717) is 29.1 Å². The zero-order valence-corrected chi connectivity index (χ0v) is 20.5. The molecule has 1 N–H and O–H groups in total. The Bertz CT molecular complexity index is 1340. The van der Waals surface area contributed by atoms with Crippen molar-refractivity contribution in [3.05, 3.63) is 97.1 Å². The van der Waals surface area contributed by atoms with Gasteiger partial charge < -0.3 is 9.47 Å². The molecular weight excluding hydrogens is 474 g/mol. The van der Waals surface area contributed by atoms with Crippen LogP contribution in [-0.4, -0.2) is 46.4 Å². The second-order valence-corrected chi connectivity index (χ2v) is 8.38. The summed E-state index contributed by atoms with van der Waals surface area (Å²) in [6.45, 7) is 4.02. The van der Waals surface area contributed by atoms with Crippen LogP contribution in [0.3, 0.4) is 0 Å². The first-order valence-corrected chi connectivity index (χ1v) is 12.1. The fraction of sp³-hybridized carbons (Fsp3) is 0.111. The highest BCUT2D eigenvalue weighted by atomic mass is 32.2. The zero-order valence-electron chi connectivity index (χ0n) is 19.7. The van der Waals surface area contributed by atoms with Gasteiger partial charge in [0.15, 0.2) is 22.5 Å². The van der Waals surface area contributed by atoms with Gasteiger partial charge in [0.1, 0.15) is 6.61 Å². The lowest BCUT2D eigenvalue weighted by Gasteiger charge is -2.10. The molecule has 1 heterocycles. The summed E-state index contributed by atoms with van der Waals surface area (Å²) < 4.78 is 12.8. The number of methoxy groups -OCH3 is 1. The number of amides is 1. The molecule has 3 aromatic carbocycles. The predicted molar refractivity (Wildman–Crippen MR) is 142 cm³/mol. The van der Waals surface area contributed by atoms with E-state index < -0.39 is 0 Å². The number of thioether (sulfide) groups is 1. The van der Waals surface area contributed by atoms with Crippen molar-refractivity contribution < 1.29 is 14.3 Å². The van der Waals surface area contributed by atoms with E-state index in [4.69, 9.17) is 9.47 Å². The topological polar surface area (TPSA) is 90.6 Å². The fourth-order valence-electron chi connectivity index (χ4n) is 3.32. The van der Waals surface area contributed by atoms with Gasteiger partial charge in [-0.05, 0) is 35.9 Å². The number of rotatable bonds is 11. The Morgan fingerprint density at radius 1 is 1.06 bits per heavy atom. The molecule has 182 valence electrons. The van der Waals surface area contributed by atoms with Crippen LogP contribution in [0.15, 0.2) is 102 Å². The minimum absolute atomic E-state index is 0.120. The monoisotopic (exact) mass is 499 g/mol. The molecule has 1 aromatic heterocycles. The van der Waals surface area contributed by atoms with Gasteiger partial charge >= 0.3 is 0 Å². The standard InChI is InChI=1S/C27H25N5O3S/c1-3-16-35-23-15-14-20(17-24(23)34-2)18-28-29-25(33)19-36-27-31-30-26(21-10-6-4-7-11-21)32(27)22-12-8-5-9-13-22/h3-15,17-18H,1,16,19H2,2H3,(H,29,33)/b28-18+. The van der Waals surface area contributed by atoms with Gasteiger partial charge in [-0.2, -0.15) is 5.10 Å². The van der Waals surface area contributed by atoms with Crippen LogP contribution < -0.4 is 14.9 Å². The quantitative estimate of drug-likeness (QED) is 0.139. The number of benzene rings is 3. The van der Waals surface area contributed by atoms with Crippen LogP contribution >= 0.6 is 11.8 Å². The maximum absolute atomic E-state index is 12.5. The van der Waals surface area contributed by atoms with Gasteiger partial charge in [-0.15, -0.1) is 10.2 Å².